The van der Waals surface area contributed by atoms with Crippen molar-refractivity contribution in [1.29, 1.82) is 0 Å². The topological polar surface area (TPSA) is 38.3 Å². The molecule has 0 radical (unpaired) electrons. The van der Waals surface area contributed by atoms with Gasteiger partial charge in [-0.3, -0.25) is 4.79 Å². The van der Waals surface area contributed by atoms with Gasteiger partial charge in [-0.1, -0.05) is 32.1 Å². The summed E-state index contributed by atoms with van der Waals surface area (Å²) < 4.78 is 4.88. The van der Waals surface area contributed by atoms with Gasteiger partial charge in [0.25, 0.3) is 0 Å². The fraction of sp³-hybridized carbons (Fsp3) is 0.917. The van der Waals surface area contributed by atoms with Crippen LogP contribution in [0.4, 0.5) is 0 Å². The van der Waals surface area contributed by atoms with Gasteiger partial charge in [0, 0.05) is 6.54 Å². The Labute approximate surface area is 91.6 Å². The van der Waals surface area contributed by atoms with Crippen molar-refractivity contribution in [3.05, 3.63) is 0 Å². The average Bonchev–Trinajstić information content (AvgIpc) is 2.78. The van der Waals surface area contributed by atoms with Crippen molar-refractivity contribution in [3.63, 3.8) is 0 Å². The maximum Gasteiger partial charge on any atom is 0.310 e. The van der Waals surface area contributed by atoms with Crippen molar-refractivity contribution in [2.24, 2.45) is 17.8 Å². The molecule has 1 saturated heterocycles. The van der Waals surface area contributed by atoms with Crippen molar-refractivity contribution in [3.8, 4) is 0 Å². The van der Waals surface area contributed by atoms with Crippen LogP contribution in [0, 0.1) is 17.8 Å². The molecule has 0 spiro atoms. The molecule has 1 saturated carbocycles. The number of nitrogens with one attached hydrogen (secondary N) is 1. The molecule has 0 unspecified atom stereocenters. The molecule has 2 rings (SSSR count). The summed E-state index contributed by atoms with van der Waals surface area (Å²) in [6, 6.07) is 0. The first-order valence-corrected chi connectivity index (χ1v) is 6.11. The molecule has 0 aromatic carbocycles. The summed E-state index contributed by atoms with van der Waals surface area (Å²) >= 11 is 0. The van der Waals surface area contributed by atoms with Crippen LogP contribution >= 0.6 is 0 Å². The number of ether oxygens (including phenoxy) is 1. The normalized spacial score (nSPS) is 32.9. The first kappa shape index (κ1) is 10.9. The van der Waals surface area contributed by atoms with Gasteiger partial charge in [-0.15, -0.1) is 0 Å². The molecule has 3 nitrogen and oxygen atoms in total. The molecule has 0 bridgehead atoms. The lowest BCUT2D eigenvalue weighted by atomic mass is 9.75. The summed E-state index contributed by atoms with van der Waals surface area (Å²) in [6.45, 7) is 1.82. The number of methoxy groups -OCH3 is 1. The minimum absolute atomic E-state index is 0.0180. The molecule has 15 heavy (non-hydrogen) atoms. The molecular formula is C12H21NO2. The quantitative estimate of drug-likeness (QED) is 0.705. The Morgan fingerprint density at radius 3 is 2.60 bits per heavy atom. The van der Waals surface area contributed by atoms with Crippen LogP contribution in [0.25, 0.3) is 0 Å². The Morgan fingerprint density at radius 1 is 1.20 bits per heavy atom. The SMILES string of the molecule is COC(=O)[C@H]1CNC[C@@H]1C1CCCCC1. The molecule has 1 N–H and O–H groups in total. The standard InChI is InChI=1S/C12H21NO2/c1-15-12(14)11-8-13-7-10(11)9-5-3-2-4-6-9/h9-11,13H,2-8H2,1H3/t10-,11+/m1/s1. The first-order valence-electron chi connectivity index (χ1n) is 6.11. The van der Waals surface area contributed by atoms with Gasteiger partial charge in [-0.2, -0.15) is 0 Å². The molecule has 2 fully saturated rings. The summed E-state index contributed by atoms with van der Waals surface area (Å²) in [5.41, 5.74) is 0. The zero-order valence-electron chi connectivity index (χ0n) is 9.50. The summed E-state index contributed by atoms with van der Waals surface area (Å²) in [5, 5.41) is 3.33. The number of esters is 1. The van der Waals surface area contributed by atoms with Crippen LogP contribution in [0.1, 0.15) is 32.1 Å². The Morgan fingerprint density at radius 2 is 1.93 bits per heavy atom. The lowest BCUT2D eigenvalue weighted by Gasteiger charge is -2.29. The summed E-state index contributed by atoms with van der Waals surface area (Å²) in [6.07, 6.45) is 6.67. The fourth-order valence-corrected chi connectivity index (χ4v) is 3.17. The fourth-order valence-electron chi connectivity index (χ4n) is 3.17. The molecule has 3 heteroatoms. The number of hydrogen-bond donors (Lipinski definition) is 1. The van der Waals surface area contributed by atoms with E-state index in [0.29, 0.717) is 5.92 Å². The highest BCUT2D eigenvalue weighted by Crippen LogP contribution is 2.36. The van der Waals surface area contributed by atoms with Crippen LogP contribution in [0.3, 0.4) is 0 Å². The van der Waals surface area contributed by atoms with E-state index in [1.807, 2.05) is 0 Å². The van der Waals surface area contributed by atoms with Crippen LogP contribution in [-0.2, 0) is 9.53 Å². The lowest BCUT2D eigenvalue weighted by molar-refractivity contribution is -0.146. The largest absolute Gasteiger partial charge is 0.469 e. The van der Waals surface area contributed by atoms with E-state index in [0.717, 1.165) is 19.0 Å². The van der Waals surface area contributed by atoms with Crippen molar-refractivity contribution in [1.82, 2.24) is 5.32 Å². The lowest BCUT2D eigenvalue weighted by Crippen LogP contribution is -2.30. The first-order chi connectivity index (χ1) is 7.33. The van der Waals surface area contributed by atoms with E-state index in [-0.39, 0.29) is 11.9 Å². The van der Waals surface area contributed by atoms with Crippen LogP contribution in [0.5, 0.6) is 0 Å². The minimum atomic E-state index is -0.0180. The summed E-state index contributed by atoms with van der Waals surface area (Å²) in [4.78, 5) is 11.6. The number of hydrogen-bond acceptors (Lipinski definition) is 3. The van der Waals surface area contributed by atoms with E-state index >= 15 is 0 Å². The van der Waals surface area contributed by atoms with E-state index in [1.165, 1.54) is 39.2 Å². The third kappa shape index (κ3) is 2.33. The Kier molecular flexibility index (Phi) is 3.62. The zero-order valence-corrected chi connectivity index (χ0v) is 9.50. The van der Waals surface area contributed by atoms with E-state index in [9.17, 15) is 4.79 Å². The van der Waals surface area contributed by atoms with E-state index in [4.69, 9.17) is 4.74 Å². The minimum Gasteiger partial charge on any atom is -0.469 e. The summed E-state index contributed by atoms with van der Waals surface area (Å²) in [7, 11) is 1.50. The smallest absolute Gasteiger partial charge is 0.310 e. The molecule has 86 valence electrons. The second kappa shape index (κ2) is 4.97. The Hall–Kier alpha value is -0.570. The van der Waals surface area contributed by atoms with E-state index in [2.05, 4.69) is 5.32 Å². The van der Waals surface area contributed by atoms with Gasteiger partial charge < -0.3 is 10.1 Å². The highest BCUT2D eigenvalue weighted by Gasteiger charge is 2.38. The maximum atomic E-state index is 11.6. The third-order valence-corrected chi connectivity index (χ3v) is 4.02. The third-order valence-electron chi connectivity index (χ3n) is 4.02. The highest BCUT2D eigenvalue weighted by molar-refractivity contribution is 5.73. The van der Waals surface area contributed by atoms with Gasteiger partial charge >= 0.3 is 5.97 Å². The number of rotatable bonds is 2. The van der Waals surface area contributed by atoms with Crippen molar-refractivity contribution in [2.45, 2.75) is 32.1 Å². The van der Waals surface area contributed by atoms with Crippen molar-refractivity contribution < 1.29 is 9.53 Å². The molecule has 0 aromatic heterocycles. The molecule has 1 heterocycles. The van der Waals surface area contributed by atoms with E-state index < -0.39 is 0 Å². The predicted molar refractivity (Wildman–Crippen MR) is 58.4 cm³/mol. The predicted octanol–water partition coefficient (Wildman–Crippen LogP) is 1.58. The van der Waals surface area contributed by atoms with Gasteiger partial charge in [0.05, 0.1) is 13.0 Å². The van der Waals surface area contributed by atoms with Crippen LogP contribution in [0.15, 0.2) is 0 Å². The van der Waals surface area contributed by atoms with Gasteiger partial charge in [0.2, 0.25) is 0 Å². The molecule has 0 amide bonds. The molecule has 2 atom stereocenters. The van der Waals surface area contributed by atoms with Gasteiger partial charge in [0.15, 0.2) is 0 Å². The van der Waals surface area contributed by atoms with Crippen molar-refractivity contribution >= 4 is 5.97 Å². The number of carbonyl (C=O) groups excluding carboxylic acids is 1. The van der Waals surface area contributed by atoms with Gasteiger partial charge in [-0.25, -0.2) is 0 Å². The van der Waals surface area contributed by atoms with Gasteiger partial charge in [-0.05, 0) is 18.4 Å². The molecule has 2 aliphatic rings. The second-order valence-corrected chi connectivity index (χ2v) is 4.85. The van der Waals surface area contributed by atoms with E-state index in [1.54, 1.807) is 0 Å². The number of carbonyl (C=O) groups is 1. The second-order valence-electron chi connectivity index (χ2n) is 4.85. The maximum absolute atomic E-state index is 11.6. The van der Waals surface area contributed by atoms with Crippen LogP contribution in [-0.4, -0.2) is 26.2 Å². The Balaban J connectivity index is 1.97. The highest BCUT2D eigenvalue weighted by atomic mass is 16.5. The monoisotopic (exact) mass is 211 g/mol. The molecule has 1 aliphatic carbocycles. The van der Waals surface area contributed by atoms with Crippen LogP contribution in [0.2, 0.25) is 0 Å². The zero-order chi connectivity index (χ0) is 10.7. The molecular weight excluding hydrogens is 190 g/mol. The average molecular weight is 211 g/mol. The Bertz CT molecular complexity index is 224. The van der Waals surface area contributed by atoms with Crippen LogP contribution < -0.4 is 5.32 Å². The summed E-state index contributed by atoms with van der Waals surface area (Å²) in [5.74, 6) is 1.37. The molecule has 1 aliphatic heterocycles. The van der Waals surface area contributed by atoms with Gasteiger partial charge in [0.1, 0.15) is 0 Å². The van der Waals surface area contributed by atoms with Crippen molar-refractivity contribution in [2.75, 3.05) is 20.2 Å². The molecule has 0 aromatic rings.